The zero-order valence-corrected chi connectivity index (χ0v) is 12.8. The van der Waals surface area contributed by atoms with Crippen LogP contribution in [0.15, 0.2) is 10.2 Å². The molecule has 1 aliphatic carbocycles. The van der Waals surface area contributed by atoms with Crippen molar-refractivity contribution in [2.45, 2.75) is 63.5 Å². The number of carbonyl (C=O) groups is 2. The van der Waals surface area contributed by atoms with Crippen LogP contribution in [-0.2, 0) is 9.59 Å². The minimum Gasteiger partial charge on any atom is -0.481 e. The quantitative estimate of drug-likeness (QED) is 0.641. The van der Waals surface area contributed by atoms with Crippen LogP contribution in [0.5, 0.6) is 0 Å². The van der Waals surface area contributed by atoms with E-state index in [9.17, 15) is 9.59 Å². The van der Waals surface area contributed by atoms with Gasteiger partial charge in [0, 0.05) is 32.2 Å². The molecule has 0 aromatic rings. The third kappa shape index (κ3) is 4.55. The number of amides is 1. The Bertz CT molecular complexity index is 495. The lowest BCUT2D eigenvalue weighted by molar-refractivity contribution is -0.140. The average molecular weight is 305 g/mol. The van der Waals surface area contributed by atoms with Gasteiger partial charge in [0.25, 0.3) is 0 Å². The van der Waals surface area contributed by atoms with Gasteiger partial charge in [-0.2, -0.15) is 10.2 Å². The summed E-state index contributed by atoms with van der Waals surface area (Å²) in [6.45, 7) is 0.500. The normalized spacial score (nSPS) is 20.3. The maximum atomic E-state index is 12.1. The molecule has 2 rings (SSSR count). The summed E-state index contributed by atoms with van der Waals surface area (Å²) in [5.74, 6) is 1.68. The molecule has 0 aromatic heterocycles. The summed E-state index contributed by atoms with van der Waals surface area (Å²) in [4.78, 5) is 23.1. The Labute approximate surface area is 130 Å². The number of hydrogen-bond acceptors (Lipinski definition) is 4. The van der Waals surface area contributed by atoms with E-state index in [2.05, 4.69) is 21.5 Å². The smallest absolute Gasteiger partial charge is 0.303 e. The highest BCUT2D eigenvalue weighted by molar-refractivity contribution is 5.78. The first-order valence-electron chi connectivity index (χ1n) is 7.85. The van der Waals surface area contributed by atoms with Crippen LogP contribution in [0, 0.1) is 17.8 Å². The van der Waals surface area contributed by atoms with Crippen molar-refractivity contribution >= 4 is 11.9 Å². The van der Waals surface area contributed by atoms with Gasteiger partial charge in [-0.1, -0.05) is 12.8 Å². The van der Waals surface area contributed by atoms with Gasteiger partial charge in [-0.05, 0) is 18.3 Å². The topological polar surface area (TPSA) is 91.1 Å². The predicted molar refractivity (Wildman–Crippen MR) is 81.1 cm³/mol. The second-order valence-corrected chi connectivity index (χ2v) is 6.44. The Hall–Kier alpha value is -1.90. The number of carboxylic acids is 1. The molecule has 0 radical (unpaired) electrons. The van der Waals surface area contributed by atoms with Crippen molar-refractivity contribution in [1.29, 1.82) is 0 Å². The van der Waals surface area contributed by atoms with Crippen LogP contribution >= 0.6 is 0 Å². The van der Waals surface area contributed by atoms with Gasteiger partial charge >= 0.3 is 5.97 Å². The fourth-order valence-electron chi connectivity index (χ4n) is 3.34. The molecule has 1 fully saturated rings. The molecule has 6 nitrogen and oxygen atoms in total. The van der Waals surface area contributed by atoms with E-state index in [1.807, 2.05) is 0 Å². The van der Waals surface area contributed by atoms with Crippen molar-refractivity contribution in [2.24, 2.45) is 15.6 Å². The van der Waals surface area contributed by atoms with E-state index in [-0.39, 0.29) is 23.4 Å². The lowest BCUT2D eigenvalue weighted by Crippen LogP contribution is -2.34. The van der Waals surface area contributed by atoms with Gasteiger partial charge < -0.3 is 10.4 Å². The van der Waals surface area contributed by atoms with Crippen LogP contribution in [0.3, 0.4) is 0 Å². The molecule has 0 spiro atoms. The molecule has 0 saturated heterocycles. The van der Waals surface area contributed by atoms with Gasteiger partial charge in [0.15, 0.2) is 5.66 Å². The second-order valence-electron chi connectivity index (χ2n) is 6.44. The zero-order valence-electron chi connectivity index (χ0n) is 12.8. The van der Waals surface area contributed by atoms with Gasteiger partial charge in [0.1, 0.15) is 0 Å². The third-order valence-electron chi connectivity index (χ3n) is 4.63. The Morgan fingerprint density at radius 3 is 2.41 bits per heavy atom. The number of carboxylic acid groups (broad SMARTS) is 1. The third-order valence-corrected chi connectivity index (χ3v) is 4.63. The molecule has 1 heterocycles. The van der Waals surface area contributed by atoms with E-state index in [1.165, 1.54) is 0 Å². The first-order valence-corrected chi connectivity index (χ1v) is 7.85. The molecule has 0 aromatic carbocycles. The largest absolute Gasteiger partial charge is 0.481 e. The van der Waals surface area contributed by atoms with Crippen LogP contribution in [0.25, 0.3) is 0 Å². The Morgan fingerprint density at radius 2 is 1.86 bits per heavy atom. The number of nitrogens with zero attached hydrogens (tertiary/aromatic N) is 2. The zero-order chi connectivity index (χ0) is 16.1. The monoisotopic (exact) mass is 305 g/mol. The van der Waals surface area contributed by atoms with Crippen molar-refractivity contribution in [3.05, 3.63) is 0 Å². The molecular formula is C16H23N3O3. The summed E-state index contributed by atoms with van der Waals surface area (Å²) in [5, 5.41) is 20.0. The summed E-state index contributed by atoms with van der Waals surface area (Å²) >= 11 is 0. The molecule has 120 valence electrons. The fraction of sp³-hybridized carbons (Fsp3) is 0.750. The van der Waals surface area contributed by atoms with E-state index >= 15 is 0 Å². The highest BCUT2D eigenvalue weighted by Crippen LogP contribution is 2.44. The molecule has 2 aliphatic rings. The average Bonchev–Trinajstić information content (AvgIpc) is 3.08. The van der Waals surface area contributed by atoms with Crippen LogP contribution in [-0.4, -0.2) is 29.2 Å². The fourth-order valence-corrected chi connectivity index (χ4v) is 3.34. The first kappa shape index (κ1) is 16.5. The molecule has 1 amide bonds. The number of carbonyl (C=O) groups excluding carboxylic acids is 1. The molecule has 0 unspecified atom stereocenters. The van der Waals surface area contributed by atoms with Crippen LogP contribution < -0.4 is 5.32 Å². The summed E-state index contributed by atoms with van der Waals surface area (Å²) in [5.41, 5.74) is -0.739. The number of rotatable bonds is 9. The summed E-state index contributed by atoms with van der Waals surface area (Å²) in [6, 6.07) is 0. The second kappa shape index (κ2) is 6.91. The van der Waals surface area contributed by atoms with E-state index in [0.29, 0.717) is 25.8 Å². The minimum absolute atomic E-state index is 0.0732. The highest BCUT2D eigenvalue weighted by atomic mass is 16.4. The predicted octanol–water partition coefficient (Wildman–Crippen LogP) is 2.49. The van der Waals surface area contributed by atoms with E-state index in [0.717, 1.165) is 32.1 Å². The molecule has 1 aliphatic heterocycles. The number of aliphatic carboxylic acids is 1. The van der Waals surface area contributed by atoms with Crippen LogP contribution in [0.1, 0.15) is 57.8 Å². The SMILES string of the molecule is C#CCCC1(CCNC(=O)CC2(CC(=O)O)CCCC2)N=N1. The van der Waals surface area contributed by atoms with Gasteiger partial charge in [-0.15, -0.1) is 12.3 Å². The van der Waals surface area contributed by atoms with Crippen molar-refractivity contribution in [1.82, 2.24) is 5.32 Å². The van der Waals surface area contributed by atoms with Crippen molar-refractivity contribution in [3.63, 3.8) is 0 Å². The van der Waals surface area contributed by atoms with Gasteiger partial charge in [-0.25, -0.2) is 0 Å². The lowest BCUT2D eigenvalue weighted by Gasteiger charge is -2.26. The maximum Gasteiger partial charge on any atom is 0.303 e. The van der Waals surface area contributed by atoms with Crippen LogP contribution in [0.4, 0.5) is 0 Å². The van der Waals surface area contributed by atoms with E-state index in [1.54, 1.807) is 0 Å². The molecule has 0 bridgehead atoms. The summed E-state index contributed by atoms with van der Waals surface area (Å²) in [7, 11) is 0. The van der Waals surface area contributed by atoms with Crippen molar-refractivity contribution in [2.75, 3.05) is 6.54 Å². The highest BCUT2D eigenvalue weighted by Gasteiger charge is 2.40. The first-order chi connectivity index (χ1) is 10.5. The van der Waals surface area contributed by atoms with Gasteiger partial charge in [0.05, 0.1) is 6.42 Å². The van der Waals surface area contributed by atoms with Crippen molar-refractivity contribution in [3.8, 4) is 12.3 Å². The standard InChI is InChI=1S/C16H23N3O3/c1-2-3-8-16(18-19-16)9-10-17-13(20)11-15(12-14(21)22)6-4-5-7-15/h1H,3-12H2,(H,17,20)(H,21,22). The van der Waals surface area contributed by atoms with Gasteiger partial charge in [0.2, 0.25) is 5.91 Å². The van der Waals surface area contributed by atoms with Gasteiger partial charge in [-0.3, -0.25) is 9.59 Å². The molecule has 2 N–H and O–H groups in total. The molecule has 1 saturated carbocycles. The molecule has 22 heavy (non-hydrogen) atoms. The number of terminal acetylenes is 1. The van der Waals surface area contributed by atoms with E-state index < -0.39 is 5.97 Å². The Morgan fingerprint density at radius 1 is 1.18 bits per heavy atom. The minimum atomic E-state index is -0.821. The Balaban J connectivity index is 1.73. The van der Waals surface area contributed by atoms with Crippen LogP contribution in [0.2, 0.25) is 0 Å². The maximum absolute atomic E-state index is 12.1. The molecule has 0 atom stereocenters. The number of nitrogens with one attached hydrogen (secondary N) is 1. The molecular weight excluding hydrogens is 282 g/mol. The van der Waals surface area contributed by atoms with E-state index in [4.69, 9.17) is 11.5 Å². The summed E-state index contributed by atoms with van der Waals surface area (Å²) in [6.07, 6.45) is 11.3. The number of hydrogen-bond donors (Lipinski definition) is 2. The molecule has 6 heteroatoms. The van der Waals surface area contributed by atoms with Crippen molar-refractivity contribution < 1.29 is 14.7 Å². The summed E-state index contributed by atoms with van der Waals surface area (Å²) < 4.78 is 0. The Kier molecular flexibility index (Phi) is 5.17. The lowest BCUT2D eigenvalue weighted by atomic mass is 9.79.